The van der Waals surface area contributed by atoms with E-state index in [0.29, 0.717) is 32.5 Å². The van der Waals surface area contributed by atoms with Crippen molar-refractivity contribution < 1.29 is 19.1 Å². The van der Waals surface area contributed by atoms with Crippen molar-refractivity contribution in [2.45, 2.75) is 58.5 Å². The molecule has 6 heteroatoms. The molecule has 0 heterocycles. The molecule has 0 radical (unpaired) electrons. The number of hydrogen-bond acceptors (Lipinski definition) is 4. The molecule has 0 aliphatic carbocycles. The van der Waals surface area contributed by atoms with Crippen molar-refractivity contribution in [1.82, 2.24) is 10.2 Å². The molecule has 0 unspecified atom stereocenters. The van der Waals surface area contributed by atoms with Gasteiger partial charge in [0.1, 0.15) is 17.5 Å². The largest absolute Gasteiger partial charge is 0.497 e. The molecule has 0 aliphatic heterocycles. The number of ether oxygens (including phenoxy) is 2. The van der Waals surface area contributed by atoms with Gasteiger partial charge in [-0.05, 0) is 55.2 Å². The minimum atomic E-state index is -0.606. The zero-order valence-electron chi connectivity index (χ0n) is 22.8. The Kier molecular flexibility index (Phi) is 11.7. The predicted molar refractivity (Wildman–Crippen MR) is 151 cm³/mol. The van der Waals surface area contributed by atoms with Crippen LogP contribution in [0.3, 0.4) is 0 Å². The first-order chi connectivity index (χ1) is 18.5. The fourth-order valence-corrected chi connectivity index (χ4v) is 4.18. The van der Waals surface area contributed by atoms with Crippen molar-refractivity contribution in [2.75, 3.05) is 20.3 Å². The van der Waals surface area contributed by atoms with Gasteiger partial charge in [0.15, 0.2) is 0 Å². The summed E-state index contributed by atoms with van der Waals surface area (Å²) in [4.78, 5) is 28.8. The second-order valence-electron chi connectivity index (χ2n) is 9.48. The number of carbonyl (C=O) groups excluding carboxylic acids is 2. The molecule has 2 amide bonds. The summed E-state index contributed by atoms with van der Waals surface area (Å²) in [5, 5.41) is 3.06. The molecule has 3 rings (SSSR count). The van der Waals surface area contributed by atoms with Crippen LogP contribution in [0.4, 0.5) is 0 Å². The van der Waals surface area contributed by atoms with Gasteiger partial charge in [0, 0.05) is 25.9 Å². The zero-order chi connectivity index (χ0) is 27.2. The molecule has 1 atom stereocenters. The third-order valence-electron chi connectivity index (χ3n) is 6.44. The Hall–Kier alpha value is -3.80. The lowest BCUT2D eigenvalue weighted by molar-refractivity contribution is -0.141. The highest BCUT2D eigenvalue weighted by molar-refractivity contribution is 5.88. The summed E-state index contributed by atoms with van der Waals surface area (Å²) in [7, 11) is 1.62. The number of methoxy groups -OCH3 is 1. The number of unbranched alkanes of at least 4 members (excludes halogenated alkanes) is 1. The van der Waals surface area contributed by atoms with E-state index in [-0.39, 0.29) is 18.2 Å². The standard InChI is InChI=1S/C32H40N2O4/c1-4-5-21-33-32(36)30(23-26-10-7-6-8-11-26)34(24-27-15-13-25(2)14-16-27)31(35)12-9-22-38-29-19-17-28(37-3)18-20-29/h6-8,10-11,13-20,30H,4-5,9,12,21-24H2,1-3H3,(H,33,36)/t30-/m0/s1. The van der Waals surface area contributed by atoms with E-state index in [1.807, 2.05) is 85.8 Å². The number of nitrogens with zero attached hydrogens (tertiary/aromatic N) is 1. The Morgan fingerprint density at radius 2 is 1.55 bits per heavy atom. The topological polar surface area (TPSA) is 67.9 Å². The van der Waals surface area contributed by atoms with Gasteiger partial charge in [0.2, 0.25) is 11.8 Å². The lowest BCUT2D eigenvalue weighted by atomic mass is 10.0. The monoisotopic (exact) mass is 516 g/mol. The van der Waals surface area contributed by atoms with Gasteiger partial charge in [-0.15, -0.1) is 0 Å². The molecule has 0 bridgehead atoms. The number of benzene rings is 3. The second-order valence-corrected chi connectivity index (χ2v) is 9.48. The molecule has 0 saturated heterocycles. The molecule has 3 aromatic rings. The third kappa shape index (κ3) is 9.25. The van der Waals surface area contributed by atoms with Gasteiger partial charge in [-0.3, -0.25) is 9.59 Å². The fourth-order valence-electron chi connectivity index (χ4n) is 4.18. The number of nitrogens with one attached hydrogen (secondary N) is 1. The molecule has 0 aromatic heterocycles. The molecule has 3 aromatic carbocycles. The summed E-state index contributed by atoms with van der Waals surface area (Å²) in [5.74, 6) is 1.32. The first-order valence-corrected chi connectivity index (χ1v) is 13.4. The smallest absolute Gasteiger partial charge is 0.243 e. The molecular weight excluding hydrogens is 476 g/mol. The van der Waals surface area contributed by atoms with Gasteiger partial charge in [0.05, 0.1) is 13.7 Å². The summed E-state index contributed by atoms with van der Waals surface area (Å²) in [6.07, 6.45) is 3.18. The summed E-state index contributed by atoms with van der Waals surface area (Å²) in [6.45, 7) is 5.51. The lowest BCUT2D eigenvalue weighted by Crippen LogP contribution is -2.50. The summed E-state index contributed by atoms with van der Waals surface area (Å²) >= 11 is 0. The molecule has 38 heavy (non-hydrogen) atoms. The Balaban J connectivity index is 1.75. The van der Waals surface area contributed by atoms with Crippen LogP contribution in [0.15, 0.2) is 78.9 Å². The van der Waals surface area contributed by atoms with E-state index in [1.54, 1.807) is 12.0 Å². The van der Waals surface area contributed by atoms with E-state index >= 15 is 0 Å². The minimum Gasteiger partial charge on any atom is -0.497 e. The van der Waals surface area contributed by atoms with Crippen molar-refractivity contribution in [3.8, 4) is 11.5 Å². The quantitative estimate of drug-likeness (QED) is 0.262. The van der Waals surface area contributed by atoms with Gasteiger partial charge in [-0.2, -0.15) is 0 Å². The summed E-state index contributed by atoms with van der Waals surface area (Å²) < 4.78 is 11.0. The number of aryl methyl sites for hydroxylation is 1. The van der Waals surface area contributed by atoms with Crippen LogP contribution in [0, 0.1) is 6.92 Å². The number of hydrogen-bond donors (Lipinski definition) is 1. The maximum Gasteiger partial charge on any atom is 0.243 e. The molecular formula is C32H40N2O4. The minimum absolute atomic E-state index is 0.0597. The van der Waals surface area contributed by atoms with Gasteiger partial charge in [-0.1, -0.05) is 73.5 Å². The van der Waals surface area contributed by atoms with Crippen molar-refractivity contribution in [3.05, 3.63) is 95.6 Å². The van der Waals surface area contributed by atoms with Crippen LogP contribution in [0.5, 0.6) is 11.5 Å². The van der Waals surface area contributed by atoms with E-state index < -0.39 is 6.04 Å². The van der Waals surface area contributed by atoms with Crippen LogP contribution in [0.2, 0.25) is 0 Å². The third-order valence-corrected chi connectivity index (χ3v) is 6.44. The van der Waals surface area contributed by atoms with Crippen molar-refractivity contribution in [1.29, 1.82) is 0 Å². The lowest BCUT2D eigenvalue weighted by Gasteiger charge is -2.31. The maximum absolute atomic E-state index is 13.6. The number of rotatable bonds is 15. The highest BCUT2D eigenvalue weighted by Crippen LogP contribution is 2.19. The van der Waals surface area contributed by atoms with E-state index in [2.05, 4.69) is 12.2 Å². The Labute approximate surface area is 227 Å². The maximum atomic E-state index is 13.6. The molecule has 1 N–H and O–H groups in total. The predicted octanol–water partition coefficient (Wildman–Crippen LogP) is 5.72. The number of carbonyl (C=O) groups is 2. The van der Waals surface area contributed by atoms with E-state index in [4.69, 9.17) is 9.47 Å². The molecule has 0 aliphatic rings. The highest BCUT2D eigenvalue weighted by atomic mass is 16.5. The van der Waals surface area contributed by atoms with Crippen molar-refractivity contribution >= 4 is 11.8 Å². The van der Waals surface area contributed by atoms with Crippen LogP contribution in [0.1, 0.15) is 49.3 Å². The van der Waals surface area contributed by atoms with Gasteiger partial charge in [-0.25, -0.2) is 0 Å². The van der Waals surface area contributed by atoms with Gasteiger partial charge < -0.3 is 19.7 Å². The SMILES string of the molecule is CCCCNC(=O)[C@H](Cc1ccccc1)N(Cc1ccc(C)cc1)C(=O)CCCOc1ccc(OC)cc1. The van der Waals surface area contributed by atoms with Crippen molar-refractivity contribution in [3.63, 3.8) is 0 Å². The van der Waals surface area contributed by atoms with E-state index in [1.165, 1.54) is 0 Å². The van der Waals surface area contributed by atoms with Gasteiger partial charge in [0.25, 0.3) is 0 Å². The van der Waals surface area contributed by atoms with Crippen molar-refractivity contribution in [2.24, 2.45) is 0 Å². The molecule has 0 saturated carbocycles. The van der Waals surface area contributed by atoms with Gasteiger partial charge >= 0.3 is 0 Å². The molecule has 6 nitrogen and oxygen atoms in total. The Bertz CT molecular complexity index is 1110. The van der Waals surface area contributed by atoms with Crippen LogP contribution in [0.25, 0.3) is 0 Å². The first-order valence-electron chi connectivity index (χ1n) is 13.4. The Morgan fingerprint density at radius 3 is 2.21 bits per heavy atom. The van der Waals surface area contributed by atoms with Crippen LogP contribution < -0.4 is 14.8 Å². The van der Waals surface area contributed by atoms with E-state index in [9.17, 15) is 9.59 Å². The van der Waals surface area contributed by atoms with Crippen LogP contribution in [-0.4, -0.2) is 43.0 Å². The average molecular weight is 517 g/mol. The molecule has 0 spiro atoms. The average Bonchev–Trinajstić information content (AvgIpc) is 2.95. The summed E-state index contributed by atoms with van der Waals surface area (Å²) in [5.41, 5.74) is 3.17. The normalized spacial score (nSPS) is 11.4. The van der Waals surface area contributed by atoms with Crippen LogP contribution >= 0.6 is 0 Å². The Morgan fingerprint density at radius 1 is 0.868 bits per heavy atom. The second kappa shape index (κ2) is 15.5. The first kappa shape index (κ1) is 28.8. The number of amides is 2. The van der Waals surface area contributed by atoms with Crippen LogP contribution in [-0.2, 0) is 22.6 Å². The summed E-state index contributed by atoms with van der Waals surface area (Å²) in [6, 6.07) is 24.8. The zero-order valence-corrected chi connectivity index (χ0v) is 22.8. The molecule has 202 valence electrons. The fraction of sp³-hybridized carbons (Fsp3) is 0.375. The van der Waals surface area contributed by atoms with E-state index in [0.717, 1.165) is 41.0 Å². The highest BCUT2D eigenvalue weighted by Gasteiger charge is 2.30. The molecule has 0 fully saturated rings.